The third-order valence-corrected chi connectivity index (χ3v) is 23.7. The van der Waals surface area contributed by atoms with Gasteiger partial charge in [0, 0.05) is 0 Å². The first kappa shape index (κ1) is 41.3. The molecular formula is C31H68O9Si3. The molecule has 1 aliphatic heterocycles. The summed E-state index contributed by atoms with van der Waals surface area (Å²) in [7, 11) is -7.32. The van der Waals surface area contributed by atoms with Crippen LogP contribution in [0, 0.1) is 0 Å². The lowest BCUT2D eigenvalue weighted by molar-refractivity contribution is -0.181. The molecule has 1 aliphatic rings. The second-order valence-corrected chi connectivity index (χ2v) is 31.9. The van der Waals surface area contributed by atoms with Gasteiger partial charge in [-0.05, 0) is 75.2 Å². The smallest absolute Gasteiger partial charge is 0.192 e. The molecule has 0 radical (unpaired) electrons. The molecule has 0 amide bonds. The number of aliphatic hydroxyl groups is 4. The van der Waals surface area contributed by atoms with E-state index in [1.165, 1.54) is 6.92 Å². The minimum atomic E-state index is -2.61. The highest BCUT2D eigenvalue weighted by molar-refractivity contribution is 6.75. The first-order chi connectivity index (χ1) is 18.8. The minimum absolute atomic E-state index is 0.0247. The second kappa shape index (κ2) is 13.8. The monoisotopic (exact) mass is 668 g/mol. The summed E-state index contributed by atoms with van der Waals surface area (Å²) in [5.74, 6) is -1.02. The van der Waals surface area contributed by atoms with Crippen LogP contribution in [0.3, 0.4) is 0 Å². The van der Waals surface area contributed by atoms with Crippen LogP contribution < -0.4 is 0 Å². The van der Waals surface area contributed by atoms with Gasteiger partial charge in [-0.1, -0.05) is 62.3 Å². The lowest BCUT2D eigenvalue weighted by atomic mass is 9.93. The summed E-state index contributed by atoms with van der Waals surface area (Å²) < 4.78 is 32.4. The van der Waals surface area contributed by atoms with E-state index < -0.39 is 79.6 Å². The van der Waals surface area contributed by atoms with E-state index >= 15 is 0 Å². The summed E-state index contributed by atoms with van der Waals surface area (Å²) in [4.78, 5) is 0. The molecular weight excluding hydrogens is 601 g/mol. The molecule has 0 spiro atoms. The van der Waals surface area contributed by atoms with E-state index in [4.69, 9.17) is 22.8 Å². The third-order valence-electron chi connectivity index (χ3n) is 10.3. The highest BCUT2D eigenvalue weighted by Crippen LogP contribution is 2.43. The Kier molecular flexibility index (Phi) is 13.3. The maximum Gasteiger partial charge on any atom is 0.192 e. The molecule has 0 bridgehead atoms. The molecule has 12 heteroatoms. The van der Waals surface area contributed by atoms with Gasteiger partial charge in [-0.2, -0.15) is 0 Å². The van der Waals surface area contributed by atoms with Crippen molar-refractivity contribution >= 4 is 25.0 Å². The van der Waals surface area contributed by atoms with Gasteiger partial charge in [0.05, 0.1) is 12.7 Å². The summed E-state index contributed by atoms with van der Waals surface area (Å²) in [6.07, 6.45) is -9.39. The fourth-order valence-corrected chi connectivity index (χ4v) is 7.78. The number of hydrogen-bond donors (Lipinski definition) is 4. The van der Waals surface area contributed by atoms with Crippen molar-refractivity contribution in [3.8, 4) is 0 Å². The van der Waals surface area contributed by atoms with Crippen molar-refractivity contribution in [1.29, 1.82) is 0 Å². The fraction of sp³-hybridized carbons (Fsp3) is 1.00. The molecule has 1 fully saturated rings. The highest BCUT2D eigenvalue weighted by atomic mass is 28.4. The third kappa shape index (κ3) is 10.4. The zero-order chi connectivity index (χ0) is 34.4. The van der Waals surface area contributed by atoms with E-state index in [1.54, 1.807) is 13.8 Å². The maximum atomic E-state index is 12.0. The van der Waals surface area contributed by atoms with Crippen LogP contribution in [0.25, 0.3) is 0 Å². The van der Waals surface area contributed by atoms with Crippen LogP contribution in [0.1, 0.15) is 83.1 Å². The summed E-state index contributed by atoms with van der Waals surface area (Å²) in [6, 6.07) is 0. The number of aliphatic hydroxyl groups excluding tert-OH is 4. The average molecular weight is 669 g/mol. The zero-order valence-electron chi connectivity index (χ0n) is 30.7. The molecule has 258 valence electrons. The summed E-state index contributed by atoms with van der Waals surface area (Å²) in [5, 5.41) is 45.4. The molecule has 1 saturated heterocycles. The average Bonchev–Trinajstić information content (AvgIpc) is 3.10. The first-order valence-corrected chi connectivity index (χ1v) is 24.6. The van der Waals surface area contributed by atoms with Gasteiger partial charge in [-0.25, -0.2) is 0 Å². The van der Waals surface area contributed by atoms with E-state index in [0.29, 0.717) is 0 Å². The molecule has 0 unspecified atom stereocenters. The largest absolute Gasteiger partial charge is 0.414 e. The van der Waals surface area contributed by atoms with E-state index in [-0.39, 0.29) is 21.7 Å². The molecule has 0 aromatic rings. The summed E-state index contributed by atoms with van der Waals surface area (Å²) >= 11 is 0. The number of hydrogen-bond acceptors (Lipinski definition) is 9. The maximum absolute atomic E-state index is 12.0. The Morgan fingerprint density at radius 3 is 1.37 bits per heavy atom. The van der Waals surface area contributed by atoms with Gasteiger partial charge in [0.1, 0.15) is 42.7 Å². The molecule has 0 aliphatic carbocycles. The molecule has 8 atom stereocenters. The summed E-state index contributed by atoms with van der Waals surface area (Å²) in [6.45, 7) is 36.7. The van der Waals surface area contributed by atoms with Crippen LogP contribution in [0.4, 0.5) is 0 Å². The summed E-state index contributed by atoms with van der Waals surface area (Å²) in [5.41, 5.74) is 0. The van der Waals surface area contributed by atoms with E-state index in [9.17, 15) is 20.4 Å². The Morgan fingerprint density at radius 2 is 1.02 bits per heavy atom. The SMILES string of the molecule is C[C@@H](O)[C@H](O)[C@H](O[Si](C)(C)C(C)(C)C)[C@H](O[Si](C)(C)C(C)(C)C)[C@H](O)[C@@H](O)[C@H]1OC(C)(C)O[C@H]1CO[Si](C)(C)C(C)(C)C. The van der Waals surface area contributed by atoms with Gasteiger partial charge < -0.3 is 43.2 Å². The van der Waals surface area contributed by atoms with Gasteiger partial charge in [0.2, 0.25) is 0 Å². The van der Waals surface area contributed by atoms with Crippen LogP contribution in [-0.2, 0) is 22.8 Å². The van der Waals surface area contributed by atoms with Crippen LogP contribution in [0.2, 0.25) is 54.4 Å². The topological polar surface area (TPSA) is 127 Å². The Morgan fingerprint density at radius 1 is 0.651 bits per heavy atom. The molecule has 0 saturated carbocycles. The molecule has 1 rings (SSSR count). The Hall–Kier alpha value is 0.291. The van der Waals surface area contributed by atoms with Crippen molar-refractivity contribution in [3.05, 3.63) is 0 Å². The molecule has 0 aromatic heterocycles. The lowest BCUT2D eigenvalue weighted by Crippen LogP contribution is -2.63. The van der Waals surface area contributed by atoms with Crippen LogP contribution in [0.5, 0.6) is 0 Å². The van der Waals surface area contributed by atoms with Crippen molar-refractivity contribution in [2.75, 3.05) is 6.61 Å². The van der Waals surface area contributed by atoms with Crippen molar-refractivity contribution in [1.82, 2.24) is 0 Å². The van der Waals surface area contributed by atoms with Crippen molar-refractivity contribution in [2.45, 2.75) is 192 Å². The Balaban J connectivity index is 3.63. The minimum Gasteiger partial charge on any atom is -0.414 e. The molecule has 1 heterocycles. The molecule has 4 N–H and O–H groups in total. The second-order valence-electron chi connectivity index (χ2n) is 17.6. The van der Waals surface area contributed by atoms with Gasteiger partial charge >= 0.3 is 0 Å². The Labute approximate surface area is 266 Å². The lowest BCUT2D eigenvalue weighted by Gasteiger charge is -2.48. The standard InChI is InChI=1S/C31H68O9Si3/c1-20(32)22(33)26(39-42(15,16)29(5,6)7)27(40-43(17,18)30(8,9)10)24(35)23(34)25-21(37-31(11,12)38-25)19-36-41(13,14)28(2,3)4/h20-27,32-35H,19H2,1-18H3/t20-,21+,22+,23-,24-,25+,26+,27-/m1/s1. The number of ether oxygens (including phenoxy) is 2. The fourth-order valence-electron chi connectivity index (χ4n) is 4.15. The molecule has 9 nitrogen and oxygen atoms in total. The molecule has 0 aromatic carbocycles. The van der Waals surface area contributed by atoms with E-state index in [1.807, 2.05) is 26.2 Å². The van der Waals surface area contributed by atoms with Crippen LogP contribution in [0.15, 0.2) is 0 Å². The Bertz CT molecular complexity index is 888. The highest BCUT2D eigenvalue weighted by Gasteiger charge is 2.54. The van der Waals surface area contributed by atoms with E-state index in [2.05, 4.69) is 75.4 Å². The number of rotatable bonds is 13. The zero-order valence-corrected chi connectivity index (χ0v) is 33.7. The predicted molar refractivity (Wildman–Crippen MR) is 181 cm³/mol. The van der Waals surface area contributed by atoms with Crippen molar-refractivity contribution in [2.24, 2.45) is 0 Å². The molecule has 43 heavy (non-hydrogen) atoms. The van der Waals surface area contributed by atoms with Crippen molar-refractivity contribution < 1.29 is 43.2 Å². The predicted octanol–water partition coefficient (Wildman–Crippen LogP) is 5.77. The van der Waals surface area contributed by atoms with Gasteiger partial charge in [0.25, 0.3) is 0 Å². The van der Waals surface area contributed by atoms with Crippen LogP contribution >= 0.6 is 0 Å². The van der Waals surface area contributed by atoms with Crippen LogP contribution in [-0.4, -0.2) is 107 Å². The normalized spacial score (nSPS) is 25.3. The van der Waals surface area contributed by atoms with Gasteiger partial charge in [0.15, 0.2) is 30.7 Å². The van der Waals surface area contributed by atoms with Gasteiger partial charge in [-0.3, -0.25) is 0 Å². The van der Waals surface area contributed by atoms with E-state index in [0.717, 1.165) is 0 Å². The first-order valence-electron chi connectivity index (χ1n) is 15.9. The quantitative estimate of drug-likeness (QED) is 0.181. The van der Waals surface area contributed by atoms with Gasteiger partial charge in [-0.15, -0.1) is 0 Å². The van der Waals surface area contributed by atoms with Crippen molar-refractivity contribution in [3.63, 3.8) is 0 Å².